The highest BCUT2D eigenvalue weighted by molar-refractivity contribution is 5.00. The molecule has 1 aliphatic carbocycles. The fourth-order valence-corrected chi connectivity index (χ4v) is 4.89. The highest BCUT2D eigenvalue weighted by Crippen LogP contribution is 2.41. The highest BCUT2D eigenvalue weighted by Gasteiger charge is 2.31. The average Bonchev–Trinajstić information content (AvgIpc) is 2.66. The molecule has 0 amide bonds. The van der Waals surface area contributed by atoms with Crippen LogP contribution < -0.4 is 0 Å². The number of hydrogen-bond donors (Lipinski definition) is 0. The summed E-state index contributed by atoms with van der Waals surface area (Å²) in [6.07, 6.45) is 12.4. The molecule has 0 heteroatoms. The summed E-state index contributed by atoms with van der Waals surface area (Å²) < 4.78 is 0. The van der Waals surface area contributed by atoms with E-state index in [-0.39, 0.29) is 0 Å². The van der Waals surface area contributed by atoms with Gasteiger partial charge in [-0.1, -0.05) is 113 Å². The zero-order valence-corrected chi connectivity index (χ0v) is 21.5. The van der Waals surface area contributed by atoms with Crippen LogP contribution in [-0.2, 0) is 0 Å². The van der Waals surface area contributed by atoms with Crippen molar-refractivity contribution in [3.8, 4) is 0 Å². The van der Waals surface area contributed by atoms with Crippen molar-refractivity contribution >= 4 is 0 Å². The van der Waals surface area contributed by atoms with E-state index in [0.29, 0.717) is 11.3 Å². The van der Waals surface area contributed by atoms with Crippen LogP contribution in [0.2, 0.25) is 0 Å². The van der Waals surface area contributed by atoms with Crippen LogP contribution >= 0.6 is 0 Å². The van der Waals surface area contributed by atoms with Gasteiger partial charge in [-0.15, -0.1) is 0 Å². The lowest BCUT2D eigenvalue weighted by molar-refractivity contribution is 0.137. The second-order valence-electron chi connectivity index (χ2n) is 11.0. The second kappa shape index (κ2) is 13.9. The van der Waals surface area contributed by atoms with Crippen molar-refractivity contribution in [2.75, 3.05) is 0 Å². The minimum Gasteiger partial charge on any atom is -0.0996 e. The summed E-state index contributed by atoms with van der Waals surface area (Å²) in [5, 5.41) is 0. The minimum absolute atomic E-state index is 0.449. The van der Waals surface area contributed by atoms with Gasteiger partial charge < -0.3 is 0 Å². The number of hydrogen-bond acceptors (Lipinski definition) is 0. The van der Waals surface area contributed by atoms with Crippen molar-refractivity contribution in [3.63, 3.8) is 0 Å². The van der Waals surface area contributed by atoms with Crippen LogP contribution in [0, 0.1) is 40.9 Å². The number of allylic oxidation sites excluding steroid dienone is 1. The predicted octanol–water partition coefficient (Wildman–Crippen LogP) is 9.94. The molecule has 6 unspecified atom stereocenters. The second-order valence-corrected chi connectivity index (χ2v) is 11.0. The molecule has 168 valence electrons. The minimum atomic E-state index is 0.449. The van der Waals surface area contributed by atoms with E-state index in [1.165, 1.54) is 63.4 Å². The molecule has 1 saturated carbocycles. The van der Waals surface area contributed by atoms with Crippen molar-refractivity contribution in [1.29, 1.82) is 0 Å². The SMILES string of the molecule is C=C(CCC(C)CCC(C)C(C)(C)C)C(C)CC1C(C)CCCC1CC.CC. The molecule has 1 fully saturated rings. The first-order valence-electron chi connectivity index (χ1n) is 12.7. The molecule has 0 aromatic rings. The molecule has 0 aliphatic heterocycles. The summed E-state index contributed by atoms with van der Waals surface area (Å²) in [6.45, 7) is 27.8. The van der Waals surface area contributed by atoms with Gasteiger partial charge in [0, 0.05) is 0 Å². The van der Waals surface area contributed by atoms with Gasteiger partial charge in [0.1, 0.15) is 0 Å². The van der Waals surface area contributed by atoms with Crippen molar-refractivity contribution in [3.05, 3.63) is 12.2 Å². The van der Waals surface area contributed by atoms with E-state index >= 15 is 0 Å². The molecule has 1 rings (SSSR count). The quantitative estimate of drug-likeness (QED) is 0.324. The van der Waals surface area contributed by atoms with Gasteiger partial charge in [-0.2, -0.15) is 0 Å². The molecule has 6 atom stereocenters. The molecule has 0 bridgehead atoms. The fraction of sp³-hybridized carbons (Fsp3) is 0.929. The lowest BCUT2D eigenvalue weighted by atomic mass is 9.68. The Labute approximate surface area is 180 Å². The van der Waals surface area contributed by atoms with Gasteiger partial charge >= 0.3 is 0 Å². The predicted molar refractivity (Wildman–Crippen MR) is 131 cm³/mol. The Kier molecular flexibility index (Phi) is 13.7. The Morgan fingerprint density at radius 3 is 2.14 bits per heavy atom. The molecule has 1 aliphatic rings. The third-order valence-electron chi connectivity index (χ3n) is 7.95. The van der Waals surface area contributed by atoms with E-state index in [1.54, 1.807) is 0 Å². The monoisotopic (exact) mass is 392 g/mol. The molecular formula is C28H56. The van der Waals surface area contributed by atoms with Gasteiger partial charge in [-0.25, -0.2) is 0 Å². The van der Waals surface area contributed by atoms with E-state index < -0.39 is 0 Å². The van der Waals surface area contributed by atoms with E-state index in [2.05, 4.69) is 62.0 Å². The Bertz CT molecular complexity index is 399. The van der Waals surface area contributed by atoms with Gasteiger partial charge in [0.15, 0.2) is 0 Å². The van der Waals surface area contributed by atoms with Gasteiger partial charge in [0.25, 0.3) is 0 Å². The largest absolute Gasteiger partial charge is 0.0996 e. The van der Waals surface area contributed by atoms with Crippen LogP contribution in [0.15, 0.2) is 12.2 Å². The van der Waals surface area contributed by atoms with Crippen molar-refractivity contribution in [2.24, 2.45) is 40.9 Å². The average molecular weight is 393 g/mol. The summed E-state index contributed by atoms with van der Waals surface area (Å²) in [4.78, 5) is 0. The fourth-order valence-electron chi connectivity index (χ4n) is 4.89. The van der Waals surface area contributed by atoms with E-state index in [4.69, 9.17) is 0 Å². The molecule has 0 radical (unpaired) electrons. The molecule has 0 nitrogen and oxygen atoms in total. The van der Waals surface area contributed by atoms with Crippen LogP contribution in [-0.4, -0.2) is 0 Å². The smallest absolute Gasteiger partial charge is 0.0232 e. The van der Waals surface area contributed by atoms with Crippen LogP contribution in [0.25, 0.3) is 0 Å². The maximum Gasteiger partial charge on any atom is -0.0232 e. The molecule has 0 spiro atoms. The molecule has 28 heavy (non-hydrogen) atoms. The van der Waals surface area contributed by atoms with E-state index in [9.17, 15) is 0 Å². The standard InChI is InChI=1S/C26H50.C2H6/c1-10-24-13-11-12-21(4)25(24)18-22(5)20(3)16-14-19(2)15-17-23(6)26(7,8)9;1-2/h19,21-25H,3,10-18H2,1-2,4-9H3;1-2H3. The number of rotatable bonds is 10. The lowest BCUT2D eigenvalue weighted by Gasteiger charge is -2.38. The summed E-state index contributed by atoms with van der Waals surface area (Å²) in [6, 6.07) is 0. The summed E-state index contributed by atoms with van der Waals surface area (Å²) >= 11 is 0. The Morgan fingerprint density at radius 2 is 1.61 bits per heavy atom. The summed E-state index contributed by atoms with van der Waals surface area (Å²) in [5.41, 5.74) is 1.97. The maximum atomic E-state index is 4.50. The molecule has 0 saturated heterocycles. The van der Waals surface area contributed by atoms with Gasteiger partial charge in [0.05, 0.1) is 0 Å². The first kappa shape index (κ1) is 27.7. The molecule has 0 aromatic carbocycles. The van der Waals surface area contributed by atoms with Crippen LogP contribution in [0.5, 0.6) is 0 Å². The van der Waals surface area contributed by atoms with Crippen LogP contribution in [0.1, 0.15) is 127 Å². The van der Waals surface area contributed by atoms with Crippen molar-refractivity contribution < 1.29 is 0 Å². The Morgan fingerprint density at radius 1 is 1.00 bits per heavy atom. The molecular weight excluding hydrogens is 336 g/mol. The van der Waals surface area contributed by atoms with Gasteiger partial charge in [-0.3, -0.25) is 0 Å². The highest BCUT2D eigenvalue weighted by atomic mass is 14.4. The van der Waals surface area contributed by atoms with Crippen molar-refractivity contribution in [1.82, 2.24) is 0 Å². The lowest BCUT2D eigenvalue weighted by Crippen LogP contribution is -2.28. The van der Waals surface area contributed by atoms with E-state index in [1.807, 2.05) is 13.8 Å². The first-order chi connectivity index (χ1) is 13.1. The Balaban J connectivity index is 0.00000352. The van der Waals surface area contributed by atoms with Gasteiger partial charge in [0.2, 0.25) is 0 Å². The first-order valence-corrected chi connectivity index (χ1v) is 12.7. The molecule has 0 N–H and O–H groups in total. The Hall–Kier alpha value is -0.260. The zero-order valence-electron chi connectivity index (χ0n) is 21.5. The van der Waals surface area contributed by atoms with Crippen LogP contribution in [0.3, 0.4) is 0 Å². The van der Waals surface area contributed by atoms with E-state index in [0.717, 1.165) is 29.6 Å². The maximum absolute atomic E-state index is 4.50. The summed E-state index contributed by atoms with van der Waals surface area (Å²) in [5.74, 6) is 5.17. The normalized spacial score (nSPS) is 26.0. The third-order valence-corrected chi connectivity index (χ3v) is 7.95. The zero-order chi connectivity index (χ0) is 21.9. The third kappa shape index (κ3) is 9.98. The van der Waals surface area contributed by atoms with Gasteiger partial charge in [-0.05, 0) is 66.6 Å². The summed E-state index contributed by atoms with van der Waals surface area (Å²) in [7, 11) is 0. The van der Waals surface area contributed by atoms with Crippen molar-refractivity contribution in [2.45, 2.75) is 127 Å². The molecule has 0 aromatic heterocycles. The topological polar surface area (TPSA) is 0 Å². The molecule has 0 heterocycles. The van der Waals surface area contributed by atoms with Crippen LogP contribution in [0.4, 0.5) is 0 Å².